The van der Waals surface area contributed by atoms with Crippen molar-refractivity contribution in [3.63, 3.8) is 0 Å². The number of amides is 1. The van der Waals surface area contributed by atoms with Gasteiger partial charge in [0.25, 0.3) is 11.7 Å². The Bertz CT molecular complexity index is 2060. The van der Waals surface area contributed by atoms with Crippen molar-refractivity contribution in [2.75, 3.05) is 41.1 Å². The van der Waals surface area contributed by atoms with Crippen LogP contribution in [-0.2, 0) is 52.4 Å². The predicted molar refractivity (Wildman–Crippen MR) is 261 cm³/mol. The second-order valence-electron chi connectivity index (χ2n) is 19.8. The highest BCUT2D eigenvalue weighted by Crippen LogP contribution is 2.38. The molecule has 0 spiro atoms. The molecule has 2 bridgehead atoms. The minimum Gasteiger partial charge on any atom is -0.460 e. The highest BCUT2D eigenvalue weighted by Gasteiger charge is 2.53. The molecule has 1 saturated carbocycles. The average Bonchev–Trinajstić information content (AvgIpc) is 3.35. The lowest BCUT2D eigenvalue weighted by atomic mass is 9.78. The van der Waals surface area contributed by atoms with Crippen molar-refractivity contribution in [2.24, 2.45) is 41.4 Å². The van der Waals surface area contributed by atoms with E-state index >= 15 is 0 Å². The van der Waals surface area contributed by atoms with E-state index in [0.717, 1.165) is 16.5 Å². The van der Waals surface area contributed by atoms with Gasteiger partial charge in [-0.15, -0.1) is 0 Å². The van der Waals surface area contributed by atoms with Crippen LogP contribution in [0.1, 0.15) is 133 Å². The van der Waals surface area contributed by atoms with E-state index in [9.17, 15) is 42.0 Å². The number of allylic oxidation sites excluding steroid dienone is 6. The summed E-state index contributed by atoms with van der Waals surface area (Å²) in [5.74, 6) is -15.4. The van der Waals surface area contributed by atoms with Crippen molar-refractivity contribution in [2.45, 2.75) is 181 Å². The fourth-order valence-corrected chi connectivity index (χ4v) is 10.1. The normalized spacial score (nSPS) is 43.2. The molecule has 0 aromatic rings. The Hall–Kier alpha value is -3.41. The molecule has 3 fully saturated rings. The molecular formula is C54H85NO14. The molecule has 15 nitrogen and oxygen atoms in total. The van der Waals surface area contributed by atoms with Gasteiger partial charge >= 0.3 is 5.97 Å². The molecule has 1 aliphatic carbocycles. The number of piperidine rings is 1. The Labute approximate surface area is 418 Å². The number of aliphatic hydroxyl groups excluding tert-OH is 2. The van der Waals surface area contributed by atoms with Gasteiger partial charge in [-0.3, -0.25) is 19.2 Å². The van der Waals surface area contributed by atoms with Crippen LogP contribution in [0, 0.1) is 41.4 Å². The van der Waals surface area contributed by atoms with Crippen LogP contribution in [-0.4, -0.2) is 145 Å². The first kappa shape index (κ1) is 50.5. The fraction of sp³-hybridized carbons (Fsp3) is 0.759. The van der Waals surface area contributed by atoms with Gasteiger partial charge in [0.1, 0.15) is 30.1 Å². The lowest BCUT2D eigenvalue weighted by molar-refractivity contribution is -0.265. The maximum Gasteiger partial charge on any atom is 0.329 e. The summed E-state index contributed by atoms with van der Waals surface area (Å²) in [5.41, 5.74) is 0.670. The molecule has 4 aliphatic rings. The number of fused-ring (bicyclic) bond motifs is 3. The summed E-state index contributed by atoms with van der Waals surface area (Å²) in [6.45, 7) is 7.91. The molecule has 1 amide bonds. The smallest absolute Gasteiger partial charge is 0.329 e. The number of rotatable bonds is 9. The van der Waals surface area contributed by atoms with Crippen LogP contribution in [0.3, 0.4) is 0 Å². The summed E-state index contributed by atoms with van der Waals surface area (Å²) in [7, 11) is 4.26. The summed E-state index contributed by atoms with van der Waals surface area (Å²) in [6.07, 6.45) is 6.33. The van der Waals surface area contributed by atoms with Crippen molar-refractivity contribution in [1.82, 2.24) is 4.90 Å². The summed E-state index contributed by atoms with van der Waals surface area (Å²) in [4.78, 5) is 73.1. The summed E-state index contributed by atoms with van der Waals surface area (Å²) < 4.78 is 79.3. The quantitative estimate of drug-likeness (QED) is 0.129. The van der Waals surface area contributed by atoms with Gasteiger partial charge in [-0.2, -0.15) is 0 Å². The fourth-order valence-electron chi connectivity index (χ4n) is 10.1. The second kappa shape index (κ2) is 27.4. The highest BCUT2D eigenvalue weighted by molar-refractivity contribution is 6.39. The molecule has 4 rings (SSSR count). The molecule has 3 heterocycles. The van der Waals surface area contributed by atoms with Gasteiger partial charge in [0, 0.05) is 65.3 Å². The van der Waals surface area contributed by atoms with E-state index in [2.05, 4.69) is 0 Å². The molecule has 390 valence electrons. The van der Waals surface area contributed by atoms with E-state index in [-0.39, 0.29) is 56.3 Å². The maximum absolute atomic E-state index is 14.6. The number of nitrogens with zero attached hydrogens (tertiary/aromatic N) is 1. The SMILES string of the molecule is [2H]C([2H])([2H])[C@@H]1/C=C(\C)[C@@H](O)[C@@H](OC)C(=O)[C@H](C)C([2H])(C)[C@]([2H])(C)/C=C/C=C/C=C(\C)[C@@H](OC)C[C@@H]2CC[C@@H](C)[C@@](O)(O2)C(=O)C(=O)N2CCCC[C@H]2C(=O)O[C@H]([C@H](C)C[C@@H]2CC[C@@H](OCCO)[C@H](OC)C2)CC1=O. The number of aliphatic hydroxyl groups is 3. The number of cyclic esters (lactones) is 1. The Kier molecular flexibility index (Phi) is 20.1. The standard InChI is InChI=1S/C54H85NO14/c1-32-17-13-12-14-18-33(2)45(64-9)30-41-22-20-37(6)54(63,69-41)51(60)52(61)55-24-16-15-19-42(55)53(62)68-46(35(4)28-40-21-23-44(67-26-25-56)47(29-40)65-10)31-43(57)34(3)27-36(5)48(58)50(66-11)49(59)39(8)38(32)7/h12-14,17-18,27,32,34-35,37-42,44-48,50,56,58,63H,15-16,19-26,28-31H2,1-11H3/b14-12+,17-13+,33-18+,36-27+/t32-,34-,35-,37-,38?,39-,40+,41+,42+,44-,45+,46+,47-,48-,50-,54-/m1/s1/i3D3,32D,38D. The first-order chi connectivity index (χ1) is 34.6. The van der Waals surface area contributed by atoms with Gasteiger partial charge in [-0.1, -0.05) is 77.9 Å². The topological polar surface area (TPSA) is 205 Å². The monoisotopic (exact) mass is 977 g/mol. The Balaban J connectivity index is 1.82. The molecule has 1 unspecified atom stereocenters. The average molecular weight is 977 g/mol. The van der Waals surface area contributed by atoms with Crippen LogP contribution in [0.25, 0.3) is 0 Å². The number of ether oxygens (including phenoxy) is 6. The van der Waals surface area contributed by atoms with E-state index in [1.54, 1.807) is 45.3 Å². The largest absolute Gasteiger partial charge is 0.460 e. The zero-order chi connectivity index (χ0) is 55.5. The number of hydrogen-bond donors (Lipinski definition) is 3. The van der Waals surface area contributed by atoms with Crippen molar-refractivity contribution in [1.29, 1.82) is 0 Å². The third-order valence-electron chi connectivity index (χ3n) is 15.0. The second-order valence-corrected chi connectivity index (χ2v) is 19.8. The maximum atomic E-state index is 14.6. The number of carbonyl (C=O) groups excluding carboxylic acids is 5. The summed E-state index contributed by atoms with van der Waals surface area (Å²) in [5, 5.41) is 33.1. The van der Waals surface area contributed by atoms with Crippen LogP contribution >= 0.6 is 0 Å². The Morgan fingerprint density at radius 2 is 1.65 bits per heavy atom. The number of ketones is 3. The van der Waals surface area contributed by atoms with Gasteiger partial charge in [-0.25, -0.2) is 4.79 Å². The first-order valence-electron chi connectivity index (χ1n) is 27.3. The van der Waals surface area contributed by atoms with E-state index in [1.807, 2.05) is 6.92 Å². The molecule has 16 atom stereocenters. The Morgan fingerprint density at radius 3 is 2.32 bits per heavy atom. The Morgan fingerprint density at radius 1 is 0.913 bits per heavy atom. The zero-order valence-electron chi connectivity index (χ0n) is 47.6. The van der Waals surface area contributed by atoms with Crippen LogP contribution < -0.4 is 0 Å². The van der Waals surface area contributed by atoms with E-state index in [1.165, 1.54) is 48.0 Å². The number of methoxy groups -OCH3 is 3. The molecule has 0 radical (unpaired) electrons. The molecule has 0 aromatic carbocycles. The third kappa shape index (κ3) is 15.3. The van der Waals surface area contributed by atoms with Gasteiger partial charge in [0.15, 0.2) is 5.78 Å². The predicted octanol–water partition coefficient (Wildman–Crippen LogP) is 6.44. The van der Waals surface area contributed by atoms with Gasteiger partial charge < -0.3 is 48.6 Å². The van der Waals surface area contributed by atoms with Crippen LogP contribution in [0.2, 0.25) is 0 Å². The van der Waals surface area contributed by atoms with E-state index in [4.69, 9.17) is 32.5 Å². The molecule has 15 heteroatoms. The summed E-state index contributed by atoms with van der Waals surface area (Å²) >= 11 is 0. The van der Waals surface area contributed by atoms with E-state index < -0.39 is 120 Å². The number of esters is 1. The molecule has 69 heavy (non-hydrogen) atoms. The lowest BCUT2D eigenvalue weighted by Gasteiger charge is -2.42. The highest BCUT2D eigenvalue weighted by atomic mass is 16.6. The molecule has 3 N–H and O–H groups in total. The van der Waals surface area contributed by atoms with Crippen LogP contribution in [0.15, 0.2) is 47.6 Å². The summed E-state index contributed by atoms with van der Waals surface area (Å²) in [6, 6.07) is -1.30. The minimum absolute atomic E-state index is 0.0187. The zero-order valence-corrected chi connectivity index (χ0v) is 42.6. The number of hydrogen-bond acceptors (Lipinski definition) is 14. The van der Waals surface area contributed by atoms with Gasteiger partial charge in [-0.05, 0) is 106 Å². The van der Waals surface area contributed by atoms with Crippen molar-refractivity contribution < 1.29 is 74.6 Å². The molecule has 0 aromatic heterocycles. The van der Waals surface area contributed by atoms with E-state index in [0.29, 0.717) is 51.4 Å². The van der Waals surface area contributed by atoms with Gasteiger partial charge in [0.2, 0.25) is 5.79 Å². The number of carbonyl (C=O) groups is 5. The van der Waals surface area contributed by atoms with Crippen molar-refractivity contribution in [3.05, 3.63) is 47.6 Å². The molecule has 3 aliphatic heterocycles. The lowest BCUT2D eigenvalue weighted by Crippen LogP contribution is -2.61. The van der Waals surface area contributed by atoms with Gasteiger partial charge in [0.05, 0.1) is 37.6 Å². The first-order valence-corrected chi connectivity index (χ1v) is 24.8. The van der Waals surface area contributed by atoms with Crippen molar-refractivity contribution >= 4 is 29.2 Å². The van der Waals surface area contributed by atoms with Crippen molar-refractivity contribution in [3.8, 4) is 0 Å². The third-order valence-corrected chi connectivity index (χ3v) is 15.0. The molecule has 2 saturated heterocycles. The van der Waals surface area contributed by atoms with Crippen LogP contribution in [0.5, 0.6) is 0 Å². The number of Topliss-reactive ketones (excluding diaryl/α,β-unsaturated/α-hetero) is 3. The minimum atomic E-state index is -3.00. The molecular weight excluding hydrogens is 887 g/mol. The van der Waals surface area contributed by atoms with Crippen LogP contribution in [0.4, 0.5) is 0 Å².